The second-order valence-corrected chi connectivity index (χ2v) is 6.66. The van der Waals surface area contributed by atoms with Crippen LogP contribution in [0, 0.1) is 0 Å². The number of hydrogen-bond donors (Lipinski definition) is 0. The van der Waals surface area contributed by atoms with Crippen LogP contribution in [0.3, 0.4) is 0 Å². The molecule has 0 saturated carbocycles. The first-order chi connectivity index (χ1) is 13.6. The summed E-state index contributed by atoms with van der Waals surface area (Å²) in [4.78, 5) is 33.5. The fraction of sp³-hybridized carbons (Fsp3) is 0.300. The van der Waals surface area contributed by atoms with E-state index in [9.17, 15) is 9.59 Å². The van der Waals surface area contributed by atoms with Crippen LogP contribution < -0.4 is 15.2 Å². The molecule has 2 aromatic heterocycles. The van der Waals surface area contributed by atoms with Gasteiger partial charge >= 0.3 is 0 Å². The van der Waals surface area contributed by atoms with Crippen LogP contribution in [0.2, 0.25) is 0 Å². The number of fused-ring (bicyclic) bond motifs is 1. The van der Waals surface area contributed by atoms with Gasteiger partial charge in [-0.3, -0.25) is 14.6 Å². The van der Waals surface area contributed by atoms with Crippen LogP contribution in [0.25, 0.3) is 10.9 Å². The molecular weight excluding hydrogens is 358 g/mol. The molecule has 1 fully saturated rings. The Morgan fingerprint density at radius 3 is 2.64 bits per heavy atom. The van der Waals surface area contributed by atoms with Gasteiger partial charge in [0.05, 0.1) is 7.11 Å². The molecule has 1 amide bonds. The number of pyridine rings is 1. The summed E-state index contributed by atoms with van der Waals surface area (Å²) in [6.45, 7) is 2.56. The van der Waals surface area contributed by atoms with E-state index in [-0.39, 0.29) is 22.7 Å². The zero-order chi connectivity index (χ0) is 19.7. The first-order valence-corrected chi connectivity index (χ1v) is 9.09. The van der Waals surface area contributed by atoms with Crippen molar-refractivity contribution in [2.24, 2.45) is 7.05 Å². The second-order valence-electron chi connectivity index (χ2n) is 6.66. The monoisotopic (exact) mass is 379 g/mol. The van der Waals surface area contributed by atoms with Gasteiger partial charge in [0, 0.05) is 56.6 Å². The van der Waals surface area contributed by atoms with Gasteiger partial charge in [-0.15, -0.1) is 0 Å². The van der Waals surface area contributed by atoms with E-state index in [1.54, 1.807) is 30.3 Å². The average molecular weight is 379 g/mol. The number of amides is 1. The number of aromatic nitrogens is 3. The molecule has 144 valence electrons. The van der Waals surface area contributed by atoms with Crippen LogP contribution in [-0.4, -0.2) is 58.9 Å². The number of aryl methyl sites for hydroxylation is 1. The minimum absolute atomic E-state index is 0.182. The Hall–Kier alpha value is -3.42. The molecule has 1 aromatic carbocycles. The number of hydrogen-bond acceptors (Lipinski definition) is 6. The quantitative estimate of drug-likeness (QED) is 0.682. The molecule has 28 heavy (non-hydrogen) atoms. The van der Waals surface area contributed by atoms with Gasteiger partial charge in [-0.25, -0.2) is 4.68 Å². The van der Waals surface area contributed by atoms with Crippen molar-refractivity contribution in [1.82, 2.24) is 19.7 Å². The molecule has 0 aliphatic carbocycles. The maximum Gasteiger partial charge on any atom is 0.292 e. The normalized spacial score (nSPS) is 14.4. The average Bonchev–Trinajstić information content (AvgIpc) is 2.76. The van der Waals surface area contributed by atoms with Crippen LogP contribution >= 0.6 is 0 Å². The largest absolute Gasteiger partial charge is 0.497 e. The van der Waals surface area contributed by atoms with E-state index < -0.39 is 0 Å². The Kier molecular flexibility index (Phi) is 4.68. The van der Waals surface area contributed by atoms with Gasteiger partial charge in [0.15, 0.2) is 5.69 Å². The van der Waals surface area contributed by atoms with E-state index in [1.165, 1.54) is 11.7 Å². The topological polar surface area (TPSA) is 80.6 Å². The zero-order valence-electron chi connectivity index (χ0n) is 15.8. The number of benzene rings is 1. The van der Waals surface area contributed by atoms with Crippen LogP contribution in [0.5, 0.6) is 5.75 Å². The molecule has 0 N–H and O–H groups in total. The van der Waals surface area contributed by atoms with Gasteiger partial charge in [0.1, 0.15) is 11.3 Å². The first kappa shape index (κ1) is 18.0. The molecule has 0 unspecified atom stereocenters. The van der Waals surface area contributed by atoms with E-state index >= 15 is 0 Å². The third-order valence-corrected chi connectivity index (χ3v) is 5.00. The summed E-state index contributed by atoms with van der Waals surface area (Å²) in [7, 11) is 3.18. The number of methoxy groups -OCH3 is 1. The van der Waals surface area contributed by atoms with E-state index in [2.05, 4.69) is 15.0 Å². The molecule has 1 saturated heterocycles. The molecule has 0 spiro atoms. The van der Waals surface area contributed by atoms with Crippen LogP contribution in [0.4, 0.5) is 5.69 Å². The Morgan fingerprint density at radius 1 is 1.11 bits per heavy atom. The lowest BCUT2D eigenvalue weighted by atomic mass is 10.1. The fourth-order valence-electron chi connectivity index (χ4n) is 3.45. The van der Waals surface area contributed by atoms with Crippen LogP contribution in [0.15, 0.2) is 47.4 Å². The third-order valence-electron chi connectivity index (χ3n) is 5.00. The summed E-state index contributed by atoms with van der Waals surface area (Å²) in [5, 5.41) is 4.71. The van der Waals surface area contributed by atoms with Crippen molar-refractivity contribution in [1.29, 1.82) is 0 Å². The Morgan fingerprint density at radius 2 is 1.89 bits per heavy atom. The highest BCUT2D eigenvalue weighted by atomic mass is 16.5. The zero-order valence-corrected chi connectivity index (χ0v) is 15.8. The second kappa shape index (κ2) is 7.30. The molecule has 0 radical (unpaired) electrons. The first-order valence-electron chi connectivity index (χ1n) is 9.09. The third kappa shape index (κ3) is 3.17. The van der Waals surface area contributed by atoms with E-state index in [0.29, 0.717) is 31.6 Å². The van der Waals surface area contributed by atoms with Gasteiger partial charge in [-0.1, -0.05) is 6.07 Å². The lowest BCUT2D eigenvalue weighted by Crippen LogP contribution is -2.49. The highest BCUT2D eigenvalue weighted by molar-refractivity contribution is 6.03. The summed E-state index contributed by atoms with van der Waals surface area (Å²) in [5.74, 6) is 0.628. The minimum Gasteiger partial charge on any atom is -0.497 e. The number of piperazine rings is 1. The number of carbonyl (C=O) groups is 1. The maximum atomic E-state index is 13.1. The SMILES string of the molecule is COc1cccc(N2CCN(C(=O)c3nn(C)c(=O)c4ncccc34)CC2)c1. The predicted octanol–water partition coefficient (Wildman–Crippen LogP) is 1.30. The van der Waals surface area contributed by atoms with Gasteiger partial charge in [0.25, 0.3) is 11.5 Å². The molecule has 1 aliphatic rings. The predicted molar refractivity (Wildman–Crippen MR) is 106 cm³/mol. The standard InChI is InChI=1S/C20H21N5O3/c1-23-19(26)17-16(7-4-8-21-17)18(22-23)20(27)25-11-9-24(10-12-25)14-5-3-6-15(13-14)28-2/h3-8,13H,9-12H2,1-2H3. The van der Waals surface area contributed by atoms with E-state index in [4.69, 9.17) is 4.74 Å². The highest BCUT2D eigenvalue weighted by Crippen LogP contribution is 2.23. The van der Waals surface area contributed by atoms with Crippen molar-refractivity contribution in [2.45, 2.75) is 0 Å². The van der Waals surface area contributed by atoms with Crippen molar-refractivity contribution in [2.75, 3.05) is 38.2 Å². The van der Waals surface area contributed by atoms with Crippen LogP contribution in [0.1, 0.15) is 10.5 Å². The van der Waals surface area contributed by atoms with Crippen molar-refractivity contribution < 1.29 is 9.53 Å². The van der Waals surface area contributed by atoms with Gasteiger partial charge in [0.2, 0.25) is 0 Å². The Bertz CT molecular complexity index is 1090. The molecule has 3 aromatic rings. The highest BCUT2D eigenvalue weighted by Gasteiger charge is 2.26. The molecule has 8 nitrogen and oxygen atoms in total. The Balaban J connectivity index is 1.56. The summed E-state index contributed by atoms with van der Waals surface area (Å²) < 4.78 is 6.47. The molecule has 0 bridgehead atoms. The molecule has 8 heteroatoms. The van der Waals surface area contributed by atoms with Crippen molar-refractivity contribution in [3.05, 3.63) is 58.6 Å². The van der Waals surface area contributed by atoms with Crippen molar-refractivity contribution in [3.63, 3.8) is 0 Å². The van der Waals surface area contributed by atoms with Crippen molar-refractivity contribution in [3.8, 4) is 5.75 Å². The number of anilines is 1. The summed E-state index contributed by atoms with van der Waals surface area (Å²) in [6, 6.07) is 11.3. The molecule has 1 aliphatic heterocycles. The van der Waals surface area contributed by atoms with Gasteiger partial charge in [-0.2, -0.15) is 5.10 Å². The van der Waals surface area contributed by atoms with E-state index in [1.807, 2.05) is 24.3 Å². The lowest BCUT2D eigenvalue weighted by Gasteiger charge is -2.36. The van der Waals surface area contributed by atoms with Gasteiger partial charge < -0.3 is 14.5 Å². The maximum absolute atomic E-state index is 13.1. The Labute approximate surface area is 162 Å². The summed E-state index contributed by atoms with van der Waals surface area (Å²) in [5.41, 5.74) is 1.29. The molecular formula is C20H21N5O3. The molecule has 3 heterocycles. The molecule has 4 rings (SSSR count). The summed E-state index contributed by atoms with van der Waals surface area (Å²) >= 11 is 0. The summed E-state index contributed by atoms with van der Waals surface area (Å²) in [6.07, 6.45) is 1.55. The van der Waals surface area contributed by atoms with Crippen molar-refractivity contribution >= 4 is 22.5 Å². The van der Waals surface area contributed by atoms with Crippen LogP contribution in [-0.2, 0) is 7.05 Å². The minimum atomic E-state index is -0.310. The number of rotatable bonds is 3. The number of carbonyl (C=O) groups excluding carboxylic acids is 1. The van der Waals surface area contributed by atoms with Gasteiger partial charge in [-0.05, 0) is 24.3 Å². The number of ether oxygens (including phenoxy) is 1. The lowest BCUT2D eigenvalue weighted by molar-refractivity contribution is 0.0740. The fourth-order valence-corrected chi connectivity index (χ4v) is 3.45. The smallest absolute Gasteiger partial charge is 0.292 e. The van der Waals surface area contributed by atoms with E-state index in [0.717, 1.165) is 11.4 Å². The number of nitrogens with zero attached hydrogens (tertiary/aromatic N) is 5. The molecule has 0 atom stereocenters.